The summed E-state index contributed by atoms with van der Waals surface area (Å²) in [5, 5.41) is 6.92. The molecule has 6 nitrogen and oxygen atoms in total. The normalized spacial score (nSPS) is 14.8. The van der Waals surface area contributed by atoms with E-state index in [1.54, 1.807) is 19.1 Å². The van der Waals surface area contributed by atoms with E-state index in [4.69, 9.17) is 4.74 Å². The molecule has 2 amide bonds. The van der Waals surface area contributed by atoms with Gasteiger partial charge in [-0.05, 0) is 49.6 Å². The maximum atomic E-state index is 12.2. The third kappa shape index (κ3) is 7.03. The van der Waals surface area contributed by atoms with Crippen molar-refractivity contribution in [2.45, 2.75) is 52.1 Å². The van der Waals surface area contributed by atoms with E-state index in [9.17, 15) is 9.59 Å². The van der Waals surface area contributed by atoms with Crippen molar-refractivity contribution >= 4 is 23.2 Å². The molecule has 0 saturated heterocycles. The highest BCUT2D eigenvalue weighted by Gasteiger charge is 2.20. The van der Waals surface area contributed by atoms with Crippen molar-refractivity contribution < 1.29 is 14.3 Å². The number of hydrazone groups is 1. The average Bonchev–Trinajstić information content (AvgIpc) is 2.78. The number of anilines is 1. The lowest BCUT2D eigenvalue weighted by atomic mass is 9.89. The van der Waals surface area contributed by atoms with Gasteiger partial charge in [-0.2, -0.15) is 5.10 Å². The van der Waals surface area contributed by atoms with Gasteiger partial charge in [0.1, 0.15) is 12.4 Å². The molecule has 0 atom stereocenters. The average molecular weight is 408 g/mol. The smallest absolute Gasteiger partial charge is 0.243 e. The Labute approximate surface area is 177 Å². The number of carbonyl (C=O) groups is 2. The predicted molar refractivity (Wildman–Crippen MR) is 118 cm³/mol. The third-order valence-electron chi connectivity index (χ3n) is 5.14. The van der Waals surface area contributed by atoms with Crippen LogP contribution in [0.2, 0.25) is 0 Å². The second kappa shape index (κ2) is 11.1. The first kappa shape index (κ1) is 21.6. The monoisotopic (exact) mass is 407 g/mol. The number of nitrogens with one attached hydrogen (secondary N) is 2. The molecule has 30 heavy (non-hydrogen) atoms. The molecule has 1 aliphatic rings. The topological polar surface area (TPSA) is 79.8 Å². The molecule has 2 N–H and O–H groups in total. The van der Waals surface area contributed by atoms with Crippen LogP contribution in [0.5, 0.6) is 5.75 Å². The second-order valence-corrected chi connectivity index (χ2v) is 7.68. The van der Waals surface area contributed by atoms with Gasteiger partial charge in [-0.3, -0.25) is 9.59 Å². The van der Waals surface area contributed by atoms with E-state index in [1.807, 2.05) is 42.5 Å². The maximum Gasteiger partial charge on any atom is 0.243 e. The molecule has 1 aliphatic carbocycles. The predicted octanol–water partition coefficient (Wildman–Crippen LogP) is 4.67. The Morgan fingerprint density at radius 3 is 2.40 bits per heavy atom. The van der Waals surface area contributed by atoms with Gasteiger partial charge in [-0.25, -0.2) is 5.43 Å². The lowest BCUT2D eigenvalue weighted by Gasteiger charge is -2.19. The molecule has 0 aromatic heterocycles. The Morgan fingerprint density at radius 1 is 1.00 bits per heavy atom. The number of rotatable bonds is 8. The summed E-state index contributed by atoms with van der Waals surface area (Å²) in [4.78, 5) is 24.4. The largest absolute Gasteiger partial charge is 0.489 e. The summed E-state index contributed by atoms with van der Waals surface area (Å²) in [6, 6.07) is 17.2. The minimum absolute atomic E-state index is 0.0412. The first-order valence-corrected chi connectivity index (χ1v) is 10.5. The molecular weight excluding hydrogens is 378 g/mol. The summed E-state index contributed by atoms with van der Waals surface area (Å²) in [6.07, 6.45) is 5.36. The first-order valence-electron chi connectivity index (χ1n) is 10.5. The van der Waals surface area contributed by atoms with Crippen LogP contribution in [0.4, 0.5) is 5.69 Å². The number of hydrogen-bond acceptors (Lipinski definition) is 4. The van der Waals surface area contributed by atoms with E-state index in [0.29, 0.717) is 18.0 Å². The third-order valence-corrected chi connectivity index (χ3v) is 5.14. The molecule has 3 rings (SSSR count). The van der Waals surface area contributed by atoms with E-state index in [2.05, 4.69) is 15.8 Å². The van der Waals surface area contributed by atoms with E-state index in [1.165, 1.54) is 6.42 Å². The number of benzene rings is 2. The highest BCUT2D eigenvalue weighted by Crippen LogP contribution is 2.23. The molecular formula is C24H29N3O3. The number of nitrogens with zero attached hydrogens (tertiary/aromatic N) is 1. The van der Waals surface area contributed by atoms with Crippen LogP contribution in [0.25, 0.3) is 0 Å². The van der Waals surface area contributed by atoms with Crippen molar-refractivity contribution in [3.63, 3.8) is 0 Å². The van der Waals surface area contributed by atoms with Crippen molar-refractivity contribution in [3.05, 3.63) is 60.2 Å². The SMILES string of the molecule is C/C(CC(=O)Nc1ccc(OCc2ccccc2)cc1)=N/NC(=O)C1CCCCC1. The molecule has 6 heteroatoms. The highest BCUT2D eigenvalue weighted by atomic mass is 16.5. The van der Waals surface area contributed by atoms with Crippen LogP contribution in [0.1, 0.15) is 51.0 Å². The zero-order valence-corrected chi connectivity index (χ0v) is 17.4. The van der Waals surface area contributed by atoms with Crippen LogP contribution in [0.15, 0.2) is 59.7 Å². The minimum Gasteiger partial charge on any atom is -0.489 e. The maximum absolute atomic E-state index is 12.2. The summed E-state index contributed by atoms with van der Waals surface area (Å²) in [6.45, 7) is 2.23. The van der Waals surface area contributed by atoms with Gasteiger partial charge in [0.05, 0.1) is 6.42 Å². The van der Waals surface area contributed by atoms with Gasteiger partial charge in [0, 0.05) is 17.3 Å². The fraction of sp³-hybridized carbons (Fsp3) is 0.375. The highest BCUT2D eigenvalue weighted by molar-refractivity contribution is 6.05. The lowest BCUT2D eigenvalue weighted by molar-refractivity contribution is -0.126. The summed E-state index contributed by atoms with van der Waals surface area (Å²) in [5.41, 5.74) is 4.96. The van der Waals surface area contributed by atoms with Gasteiger partial charge >= 0.3 is 0 Å². The fourth-order valence-electron chi connectivity index (χ4n) is 3.46. The lowest BCUT2D eigenvalue weighted by Crippen LogP contribution is -2.29. The van der Waals surface area contributed by atoms with Gasteiger partial charge in [-0.15, -0.1) is 0 Å². The molecule has 2 aromatic carbocycles. The van der Waals surface area contributed by atoms with Gasteiger partial charge < -0.3 is 10.1 Å². The van der Waals surface area contributed by atoms with Crippen LogP contribution in [0.3, 0.4) is 0 Å². The van der Waals surface area contributed by atoms with Gasteiger partial charge in [0.2, 0.25) is 11.8 Å². The van der Waals surface area contributed by atoms with Gasteiger partial charge in [0.15, 0.2) is 0 Å². The number of ether oxygens (including phenoxy) is 1. The Bertz CT molecular complexity index is 857. The number of hydrogen-bond donors (Lipinski definition) is 2. The van der Waals surface area contributed by atoms with Crippen LogP contribution in [0, 0.1) is 5.92 Å². The number of carbonyl (C=O) groups excluding carboxylic acids is 2. The van der Waals surface area contributed by atoms with Crippen LogP contribution < -0.4 is 15.5 Å². The molecule has 0 spiro atoms. The van der Waals surface area contributed by atoms with E-state index in [-0.39, 0.29) is 24.2 Å². The quantitative estimate of drug-likeness (QED) is 0.493. The Hall–Kier alpha value is -3.15. The fourth-order valence-corrected chi connectivity index (χ4v) is 3.46. The molecule has 2 aromatic rings. The van der Waals surface area contributed by atoms with E-state index >= 15 is 0 Å². The van der Waals surface area contributed by atoms with Crippen molar-refractivity contribution in [3.8, 4) is 5.75 Å². The van der Waals surface area contributed by atoms with E-state index in [0.717, 1.165) is 37.0 Å². The van der Waals surface area contributed by atoms with Crippen molar-refractivity contribution in [2.75, 3.05) is 5.32 Å². The molecule has 0 aliphatic heterocycles. The second-order valence-electron chi connectivity index (χ2n) is 7.68. The summed E-state index contributed by atoms with van der Waals surface area (Å²) in [5.74, 6) is 0.563. The number of amides is 2. The standard InChI is InChI=1S/C24H29N3O3/c1-18(26-27-24(29)20-10-6-3-7-11-20)16-23(28)25-21-12-14-22(15-13-21)30-17-19-8-4-2-5-9-19/h2,4-5,8-9,12-15,20H,3,6-7,10-11,16-17H2,1H3,(H,25,28)(H,27,29)/b26-18-. The van der Waals surface area contributed by atoms with Crippen molar-refractivity contribution in [1.82, 2.24) is 5.43 Å². The molecule has 158 valence electrons. The zero-order valence-electron chi connectivity index (χ0n) is 17.4. The minimum atomic E-state index is -0.180. The first-order chi connectivity index (χ1) is 14.6. The molecule has 0 radical (unpaired) electrons. The summed E-state index contributed by atoms with van der Waals surface area (Å²) in [7, 11) is 0. The van der Waals surface area contributed by atoms with Crippen molar-refractivity contribution in [1.29, 1.82) is 0 Å². The Morgan fingerprint density at radius 2 is 1.70 bits per heavy atom. The van der Waals surface area contributed by atoms with Crippen LogP contribution in [-0.4, -0.2) is 17.5 Å². The van der Waals surface area contributed by atoms with Gasteiger partial charge in [0.25, 0.3) is 0 Å². The Balaban J connectivity index is 1.41. The van der Waals surface area contributed by atoms with Crippen LogP contribution >= 0.6 is 0 Å². The summed E-state index contributed by atoms with van der Waals surface area (Å²) < 4.78 is 5.75. The molecule has 1 saturated carbocycles. The Kier molecular flexibility index (Phi) is 8.01. The summed E-state index contributed by atoms with van der Waals surface area (Å²) >= 11 is 0. The molecule has 0 unspecified atom stereocenters. The molecule has 1 fully saturated rings. The zero-order chi connectivity index (χ0) is 21.2. The van der Waals surface area contributed by atoms with Gasteiger partial charge in [-0.1, -0.05) is 49.6 Å². The molecule has 0 heterocycles. The van der Waals surface area contributed by atoms with Crippen LogP contribution in [-0.2, 0) is 16.2 Å². The van der Waals surface area contributed by atoms with Crippen molar-refractivity contribution in [2.24, 2.45) is 11.0 Å². The molecule has 0 bridgehead atoms. The van der Waals surface area contributed by atoms with E-state index < -0.39 is 0 Å².